The molecule has 1 heterocycles. The van der Waals surface area contributed by atoms with Crippen molar-refractivity contribution in [1.82, 2.24) is 9.78 Å². The van der Waals surface area contributed by atoms with Crippen LogP contribution in [0.15, 0.2) is 53.4 Å². The molecule has 1 aromatic heterocycles. The van der Waals surface area contributed by atoms with Crippen molar-refractivity contribution in [2.45, 2.75) is 56.9 Å². The first kappa shape index (κ1) is 23.8. The van der Waals surface area contributed by atoms with Crippen molar-refractivity contribution in [2.24, 2.45) is 0 Å². The van der Waals surface area contributed by atoms with Gasteiger partial charge in [0.25, 0.3) is 15.9 Å². The van der Waals surface area contributed by atoms with Crippen LogP contribution in [0.25, 0.3) is 0 Å². The first-order chi connectivity index (χ1) is 16.0. The standard InChI is InChI=1S/C25H30N4O4S/c1-16-10-13-18(14-23(16)34(31,32)28-19-8-6-7-9-22(19)33-5)26-24(30)21-15-20(17-11-12-17)27-29(21)25(2,3)4/h6-10,13-15,17,28H,11-12H2,1-5H3,(H,26,30). The molecule has 0 unspecified atom stereocenters. The van der Waals surface area contributed by atoms with Crippen LogP contribution in [-0.4, -0.2) is 31.2 Å². The molecule has 0 atom stereocenters. The number of hydrogen-bond donors (Lipinski definition) is 2. The molecule has 180 valence electrons. The maximum absolute atomic E-state index is 13.2. The Hall–Kier alpha value is -3.33. The molecule has 1 aliphatic carbocycles. The number of anilines is 2. The van der Waals surface area contributed by atoms with Gasteiger partial charge in [-0.3, -0.25) is 14.2 Å². The number of methoxy groups -OCH3 is 1. The zero-order valence-corrected chi connectivity index (χ0v) is 20.9. The van der Waals surface area contributed by atoms with Crippen LogP contribution in [0, 0.1) is 6.92 Å². The Morgan fingerprint density at radius 3 is 2.47 bits per heavy atom. The number of aromatic nitrogens is 2. The third-order valence-electron chi connectivity index (χ3n) is 5.68. The van der Waals surface area contributed by atoms with Crippen LogP contribution in [0.1, 0.15) is 61.3 Å². The number of benzene rings is 2. The van der Waals surface area contributed by atoms with Gasteiger partial charge in [-0.05, 0) is 76.4 Å². The third-order valence-corrected chi connectivity index (χ3v) is 7.19. The lowest BCUT2D eigenvalue weighted by Crippen LogP contribution is -2.29. The van der Waals surface area contributed by atoms with Gasteiger partial charge in [-0.15, -0.1) is 0 Å². The van der Waals surface area contributed by atoms with E-state index in [0.717, 1.165) is 18.5 Å². The highest BCUT2D eigenvalue weighted by atomic mass is 32.2. The number of hydrogen-bond acceptors (Lipinski definition) is 5. The Morgan fingerprint density at radius 1 is 1.12 bits per heavy atom. The Morgan fingerprint density at radius 2 is 1.82 bits per heavy atom. The van der Waals surface area contributed by atoms with E-state index in [1.165, 1.54) is 13.2 Å². The summed E-state index contributed by atoms with van der Waals surface area (Å²) in [4.78, 5) is 13.3. The van der Waals surface area contributed by atoms with Gasteiger partial charge >= 0.3 is 0 Å². The summed E-state index contributed by atoms with van der Waals surface area (Å²) in [5.41, 5.74) is 2.27. The fraction of sp³-hybridized carbons (Fsp3) is 0.360. The minimum absolute atomic E-state index is 0.0687. The minimum atomic E-state index is -3.93. The minimum Gasteiger partial charge on any atom is -0.495 e. The molecule has 0 spiro atoms. The van der Waals surface area contributed by atoms with Gasteiger partial charge < -0.3 is 10.1 Å². The lowest BCUT2D eigenvalue weighted by Gasteiger charge is -2.22. The van der Waals surface area contributed by atoms with Crippen LogP contribution >= 0.6 is 0 Å². The molecule has 0 saturated heterocycles. The van der Waals surface area contributed by atoms with Crippen LogP contribution in [0.4, 0.5) is 11.4 Å². The molecule has 2 N–H and O–H groups in total. The molecule has 4 rings (SSSR count). The summed E-state index contributed by atoms with van der Waals surface area (Å²) in [7, 11) is -2.45. The quantitative estimate of drug-likeness (QED) is 0.499. The van der Waals surface area contributed by atoms with Crippen LogP contribution in [-0.2, 0) is 15.6 Å². The molecule has 1 fully saturated rings. The molecule has 1 aliphatic rings. The zero-order chi connectivity index (χ0) is 24.7. The largest absolute Gasteiger partial charge is 0.495 e. The van der Waals surface area contributed by atoms with Gasteiger partial charge in [0, 0.05) is 11.6 Å². The fourth-order valence-electron chi connectivity index (χ4n) is 3.74. The van der Waals surface area contributed by atoms with Crippen molar-refractivity contribution in [2.75, 3.05) is 17.1 Å². The number of amides is 1. The zero-order valence-electron chi connectivity index (χ0n) is 20.0. The highest BCUT2D eigenvalue weighted by Crippen LogP contribution is 2.40. The predicted octanol–water partition coefficient (Wildman–Crippen LogP) is 4.89. The summed E-state index contributed by atoms with van der Waals surface area (Å²) < 4.78 is 35.9. The maximum Gasteiger partial charge on any atom is 0.273 e. The van der Waals surface area contributed by atoms with Crippen molar-refractivity contribution in [3.05, 3.63) is 65.5 Å². The number of carbonyl (C=O) groups excluding carboxylic acids is 1. The summed E-state index contributed by atoms with van der Waals surface area (Å²) >= 11 is 0. The van der Waals surface area contributed by atoms with E-state index >= 15 is 0 Å². The number of rotatable bonds is 7. The molecule has 0 bridgehead atoms. The Labute approximate surface area is 200 Å². The molecule has 0 aliphatic heterocycles. The van der Waals surface area contributed by atoms with E-state index in [0.29, 0.717) is 34.3 Å². The molecular formula is C25H30N4O4S. The van der Waals surface area contributed by atoms with Gasteiger partial charge in [-0.1, -0.05) is 18.2 Å². The van der Waals surface area contributed by atoms with E-state index in [-0.39, 0.29) is 16.3 Å². The van der Waals surface area contributed by atoms with Gasteiger partial charge in [-0.25, -0.2) is 8.42 Å². The highest BCUT2D eigenvalue weighted by molar-refractivity contribution is 7.92. The molecule has 0 radical (unpaired) electrons. The molecule has 8 nitrogen and oxygen atoms in total. The normalized spacial score (nSPS) is 14.0. The molecule has 1 amide bonds. The number of ether oxygens (including phenoxy) is 1. The van der Waals surface area contributed by atoms with E-state index < -0.39 is 10.0 Å². The average molecular weight is 483 g/mol. The molecule has 2 aromatic carbocycles. The summed E-state index contributed by atoms with van der Waals surface area (Å²) in [5, 5.41) is 7.53. The number of carbonyl (C=O) groups is 1. The second-order valence-electron chi connectivity index (χ2n) is 9.55. The van der Waals surface area contributed by atoms with E-state index in [9.17, 15) is 13.2 Å². The second kappa shape index (κ2) is 8.79. The van der Waals surface area contributed by atoms with Crippen LogP contribution in [0.5, 0.6) is 5.75 Å². The summed E-state index contributed by atoms with van der Waals surface area (Å²) in [6.07, 6.45) is 2.17. The first-order valence-electron chi connectivity index (χ1n) is 11.2. The fourth-order valence-corrected chi connectivity index (χ4v) is 5.08. The number of aryl methyl sites for hydroxylation is 1. The topological polar surface area (TPSA) is 102 Å². The van der Waals surface area contributed by atoms with Crippen LogP contribution in [0.2, 0.25) is 0 Å². The summed E-state index contributed by atoms with van der Waals surface area (Å²) in [6.45, 7) is 7.69. The number of para-hydroxylation sites is 2. The number of sulfonamides is 1. The Bertz CT molecular complexity index is 1340. The molecular weight excluding hydrogens is 452 g/mol. The lowest BCUT2D eigenvalue weighted by molar-refractivity contribution is 0.100. The maximum atomic E-state index is 13.2. The van der Waals surface area contributed by atoms with Crippen molar-refractivity contribution < 1.29 is 17.9 Å². The predicted molar refractivity (Wildman–Crippen MR) is 132 cm³/mol. The van der Waals surface area contributed by atoms with E-state index in [4.69, 9.17) is 4.74 Å². The Kier molecular flexibility index (Phi) is 6.16. The van der Waals surface area contributed by atoms with Gasteiger partial charge in [0.1, 0.15) is 11.4 Å². The Balaban J connectivity index is 1.62. The van der Waals surface area contributed by atoms with E-state index in [1.54, 1.807) is 48.0 Å². The highest BCUT2D eigenvalue weighted by Gasteiger charge is 2.31. The van der Waals surface area contributed by atoms with Crippen molar-refractivity contribution in [1.29, 1.82) is 0 Å². The molecule has 34 heavy (non-hydrogen) atoms. The molecule has 3 aromatic rings. The third kappa shape index (κ3) is 4.94. The number of nitrogens with one attached hydrogen (secondary N) is 2. The van der Waals surface area contributed by atoms with Gasteiger partial charge in [-0.2, -0.15) is 5.10 Å². The van der Waals surface area contributed by atoms with Crippen LogP contribution in [0.3, 0.4) is 0 Å². The second-order valence-corrected chi connectivity index (χ2v) is 11.2. The monoisotopic (exact) mass is 482 g/mol. The molecule has 1 saturated carbocycles. The van der Waals surface area contributed by atoms with Crippen LogP contribution < -0.4 is 14.8 Å². The van der Waals surface area contributed by atoms with Gasteiger partial charge in [0.05, 0.1) is 28.9 Å². The number of nitrogens with zero attached hydrogens (tertiary/aromatic N) is 2. The smallest absolute Gasteiger partial charge is 0.273 e. The van der Waals surface area contributed by atoms with E-state index in [2.05, 4.69) is 15.1 Å². The lowest BCUT2D eigenvalue weighted by atomic mass is 10.1. The van der Waals surface area contributed by atoms with Gasteiger partial charge in [0.15, 0.2) is 0 Å². The van der Waals surface area contributed by atoms with E-state index in [1.807, 2.05) is 26.8 Å². The van der Waals surface area contributed by atoms with Crippen molar-refractivity contribution in [3.63, 3.8) is 0 Å². The first-order valence-corrected chi connectivity index (χ1v) is 12.7. The average Bonchev–Trinajstić information content (AvgIpc) is 3.51. The molecule has 9 heteroatoms. The van der Waals surface area contributed by atoms with Gasteiger partial charge in [0.2, 0.25) is 0 Å². The van der Waals surface area contributed by atoms with Crippen molar-refractivity contribution in [3.8, 4) is 5.75 Å². The SMILES string of the molecule is COc1ccccc1NS(=O)(=O)c1cc(NC(=O)c2cc(C3CC3)nn2C(C)(C)C)ccc1C. The summed E-state index contributed by atoms with van der Waals surface area (Å²) in [5.74, 6) is 0.488. The summed E-state index contributed by atoms with van der Waals surface area (Å²) in [6, 6.07) is 13.4. The van der Waals surface area contributed by atoms with Crippen molar-refractivity contribution >= 4 is 27.3 Å².